The molecule has 0 aliphatic heterocycles. The van der Waals surface area contributed by atoms with Gasteiger partial charge in [-0.3, -0.25) is 4.79 Å². The summed E-state index contributed by atoms with van der Waals surface area (Å²) in [5.74, 6) is -9.77. The lowest BCUT2D eigenvalue weighted by Gasteiger charge is -2.33. The fourth-order valence-corrected chi connectivity index (χ4v) is 11.8. The van der Waals surface area contributed by atoms with Crippen LogP contribution < -0.4 is 58.5 Å². The number of ether oxygens (including phenoxy) is 9. The van der Waals surface area contributed by atoms with Crippen molar-refractivity contribution in [1.82, 2.24) is 0 Å². The summed E-state index contributed by atoms with van der Waals surface area (Å²) >= 11 is -0.178. The molecular weight excluding hydrogens is 738 g/mol. The summed E-state index contributed by atoms with van der Waals surface area (Å²) in [5, 5.41) is -0.495. The van der Waals surface area contributed by atoms with Crippen LogP contribution in [0.1, 0.15) is 0 Å². The van der Waals surface area contributed by atoms with E-state index in [2.05, 4.69) is 0 Å². The number of thioether (sulfide) groups is 1. The lowest BCUT2D eigenvalue weighted by Crippen LogP contribution is -2.39. The van der Waals surface area contributed by atoms with Gasteiger partial charge in [-0.15, -0.1) is 0 Å². The van der Waals surface area contributed by atoms with E-state index in [4.69, 9.17) is 42.6 Å². The highest BCUT2D eigenvalue weighted by Gasteiger charge is 2.59. The summed E-state index contributed by atoms with van der Waals surface area (Å²) in [5.41, 5.74) is 0. The Morgan fingerprint density at radius 1 is 0.462 bits per heavy atom. The Hall–Kier alpha value is -4.82. The monoisotopic (exact) mass is 773 g/mol. The Bertz CT molecular complexity index is 1720. The third-order valence-corrected chi connectivity index (χ3v) is 13.5. The summed E-state index contributed by atoms with van der Waals surface area (Å²) in [7, 11) is 8.31. The van der Waals surface area contributed by atoms with Crippen LogP contribution in [0.4, 0.5) is 22.0 Å². The Kier molecular flexibility index (Phi) is 12.8. The highest BCUT2D eigenvalue weighted by molar-refractivity contribution is 8.15. The lowest BCUT2D eigenvalue weighted by atomic mass is 10.3. The van der Waals surface area contributed by atoms with Crippen molar-refractivity contribution in [2.45, 2.75) is 4.90 Å². The Morgan fingerprint density at radius 3 is 0.942 bits per heavy atom. The van der Waals surface area contributed by atoms with Crippen molar-refractivity contribution in [2.24, 2.45) is 0 Å². The largest absolute Gasteiger partial charge is 0.496 e. The number of carbonyl (C=O) groups excluding carboxylic acids is 1. The van der Waals surface area contributed by atoms with Gasteiger partial charge in [0.1, 0.15) is 30.7 Å². The molecule has 0 atom stereocenters. The number of hydrogen-bond donors (Lipinski definition) is 0. The third kappa shape index (κ3) is 7.01. The van der Waals surface area contributed by atoms with Crippen molar-refractivity contribution < 1.29 is 69.4 Å². The number of halogens is 5. The molecular formula is C35H35F5O10PS+. The molecule has 52 heavy (non-hydrogen) atoms. The Morgan fingerprint density at radius 2 is 0.712 bits per heavy atom. The first-order valence-electron chi connectivity index (χ1n) is 14.9. The lowest BCUT2D eigenvalue weighted by molar-refractivity contribution is -0.108. The standard InChI is InChI=1S/C35H35F5O10PS/c1-42-17-10-20(45-4)32(21(11-17)46-5)51(33-22(47-6)12-18(43-2)13-23(33)48-7,34-24(49-8)14-19(44-3)15-25(34)50-9)16-26(41)52-35-30(39)28(37)27(36)29(38)31(35)40/h10-15H,16H2,1-9H3/q+1. The SMILES string of the molecule is COc1cc(OC)c([P+](CC(=O)Sc2c(F)c(F)c(F)c(F)c2F)(c2c(OC)cc(OC)cc2OC)c2c(OC)cc(OC)cc2OC)c(OC)c1. The van der Waals surface area contributed by atoms with Crippen molar-refractivity contribution >= 4 is 40.1 Å². The van der Waals surface area contributed by atoms with Crippen molar-refractivity contribution in [2.75, 3.05) is 70.2 Å². The minimum absolute atomic E-state index is 0.0958. The van der Waals surface area contributed by atoms with Crippen LogP contribution in [-0.4, -0.2) is 75.3 Å². The molecule has 0 saturated heterocycles. The predicted molar refractivity (Wildman–Crippen MR) is 186 cm³/mol. The summed E-state index contributed by atoms with van der Waals surface area (Å²) in [6, 6.07) is 9.08. The van der Waals surface area contributed by atoms with E-state index >= 15 is 8.78 Å². The fourth-order valence-electron chi connectivity index (χ4n) is 5.68. The average Bonchev–Trinajstić information content (AvgIpc) is 3.18. The third-order valence-electron chi connectivity index (χ3n) is 7.96. The van der Waals surface area contributed by atoms with Crippen LogP contribution in [0, 0.1) is 29.1 Å². The van der Waals surface area contributed by atoms with Crippen molar-refractivity contribution in [3.05, 3.63) is 65.5 Å². The predicted octanol–water partition coefficient (Wildman–Crippen LogP) is 6.07. The van der Waals surface area contributed by atoms with Gasteiger partial charge in [0.05, 0.1) is 68.9 Å². The molecule has 4 aromatic carbocycles. The fraction of sp³-hybridized carbons (Fsp3) is 0.286. The van der Waals surface area contributed by atoms with Gasteiger partial charge in [0.25, 0.3) is 0 Å². The maximum atomic E-state index is 15.1. The van der Waals surface area contributed by atoms with Gasteiger partial charge >= 0.3 is 0 Å². The molecule has 0 N–H and O–H groups in total. The van der Waals surface area contributed by atoms with Crippen LogP contribution in [-0.2, 0) is 4.79 Å². The second-order valence-electron chi connectivity index (χ2n) is 10.5. The first-order chi connectivity index (χ1) is 24.8. The maximum absolute atomic E-state index is 15.1. The van der Waals surface area contributed by atoms with E-state index in [1.165, 1.54) is 100 Å². The molecule has 0 aromatic heterocycles. The van der Waals surface area contributed by atoms with E-state index in [0.29, 0.717) is 0 Å². The van der Waals surface area contributed by atoms with Crippen LogP contribution in [0.25, 0.3) is 0 Å². The minimum atomic E-state index is -4.02. The Balaban J connectivity index is 2.34. The second kappa shape index (κ2) is 16.7. The highest BCUT2D eigenvalue weighted by atomic mass is 32.2. The van der Waals surface area contributed by atoms with Gasteiger partial charge in [-0.05, 0) is 11.8 Å². The molecule has 0 fully saturated rings. The molecule has 280 valence electrons. The molecule has 0 aliphatic rings. The summed E-state index contributed by atoms with van der Waals surface area (Å²) < 4.78 is 125. The zero-order valence-corrected chi connectivity index (χ0v) is 31.2. The first kappa shape index (κ1) is 40.0. The number of rotatable bonds is 15. The van der Waals surface area contributed by atoms with E-state index in [-0.39, 0.29) is 79.4 Å². The van der Waals surface area contributed by atoms with Gasteiger partial charge in [0.15, 0.2) is 73.7 Å². The number of hydrogen-bond acceptors (Lipinski definition) is 11. The number of benzene rings is 4. The number of carbonyl (C=O) groups is 1. The van der Waals surface area contributed by atoms with E-state index < -0.39 is 52.5 Å². The van der Waals surface area contributed by atoms with Crippen LogP contribution in [0.15, 0.2) is 41.3 Å². The zero-order chi connectivity index (χ0) is 38.5. The van der Waals surface area contributed by atoms with Gasteiger partial charge in [0.2, 0.25) is 10.9 Å². The van der Waals surface area contributed by atoms with Gasteiger partial charge in [-0.2, -0.15) is 0 Å². The molecule has 0 bridgehead atoms. The molecule has 4 aromatic rings. The summed E-state index contributed by atoms with van der Waals surface area (Å²) in [6.45, 7) is 0. The van der Waals surface area contributed by atoms with Gasteiger partial charge < -0.3 is 42.6 Å². The van der Waals surface area contributed by atoms with Crippen LogP contribution in [0.3, 0.4) is 0 Å². The van der Waals surface area contributed by atoms with Gasteiger partial charge in [-0.25, -0.2) is 22.0 Å². The maximum Gasteiger partial charge on any atom is 0.232 e. The van der Waals surface area contributed by atoms with Gasteiger partial charge in [0, 0.05) is 36.4 Å². The van der Waals surface area contributed by atoms with Crippen molar-refractivity contribution in [1.29, 1.82) is 0 Å². The number of methoxy groups -OCH3 is 9. The molecule has 10 nitrogen and oxygen atoms in total. The van der Waals surface area contributed by atoms with E-state index in [1.54, 1.807) is 0 Å². The average molecular weight is 774 g/mol. The Labute approximate surface area is 301 Å². The summed E-state index contributed by atoms with van der Waals surface area (Å²) in [6.07, 6.45) is -0.742. The van der Waals surface area contributed by atoms with Crippen LogP contribution in [0.5, 0.6) is 51.7 Å². The zero-order valence-electron chi connectivity index (χ0n) is 29.5. The molecule has 0 radical (unpaired) electrons. The second-order valence-corrected chi connectivity index (χ2v) is 14.8. The molecule has 4 rings (SSSR count). The van der Waals surface area contributed by atoms with Crippen LogP contribution >= 0.6 is 19.0 Å². The topological polar surface area (TPSA) is 100 Å². The van der Waals surface area contributed by atoms with E-state index in [0.717, 1.165) is 0 Å². The van der Waals surface area contributed by atoms with Crippen molar-refractivity contribution in [3.63, 3.8) is 0 Å². The van der Waals surface area contributed by atoms with Crippen molar-refractivity contribution in [3.8, 4) is 51.7 Å². The van der Waals surface area contributed by atoms with Crippen LogP contribution in [0.2, 0.25) is 0 Å². The van der Waals surface area contributed by atoms with E-state index in [1.807, 2.05) is 0 Å². The van der Waals surface area contributed by atoms with E-state index in [9.17, 15) is 18.0 Å². The highest BCUT2D eigenvalue weighted by Crippen LogP contribution is 2.67. The van der Waals surface area contributed by atoms with Gasteiger partial charge in [-0.1, -0.05) is 0 Å². The smallest absolute Gasteiger partial charge is 0.232 e. The molecule has 0 saturated carbocycles. The molecule has 0 aliphatic carbocycles. The normalized spacial score (nSPS) is 11.1. The molecule has 17 heteroatoms. The molecule has 0 amide bonds. The molecule has 0 spiro atoms. The summed E-state index contributed by atoms with van der Waals surface area (Å²) in [4.78, 5) is 13.1. The quantitative estimate of drug-likeness (QED) is 0.0463. The first-order valence-corrected chi connectivity index (χ1v) is 17.7. The minimum Gasteiger partial charge on any atom is -0.496 e. The molecule has 0 heterocycles. The molecule has 0 unspecified atom stereocenters.